The highest BCUT2D eigenvalue weighted by Crippen LogP contribution is 2.36. The van der Waals surface area contributed by atoms with Crippen molar-refractivity contribution in [2.24, 2.45) is 0 Å². The van der Waals surface area contributed by atoms with Crippen molar-refractivity contribution in [3.05, 3.63) is 77.2 Å². The van der Waals surface area contributed by atoms with Gasteiger partial charge in [0.25, 0.3) is 0 Å². The molecule has 0 atom stereocenters. The van der Waals surface area contributed by atoms with Gasteiger partial charge in [-0.15, -0.1) is 5.10 Å². The third-order valence-electron chi connectivity index (χ3n) is 3.98. The molecule has 3 aromatic rings. The third kappa shape index (κ3) is 5.54. The first kappa shape index (κ1) is 22.2. The summed E-state index contributed by atoms with van der Waals surface area (Å²) >= 11 is 5.62. The van der Waals surface area contributed by atoms with Crippen LogP contribution < -0.4 is 10.1 Å². The fourth-order valence-corrected chi connectivity index (χ4v) is 2.76. The highest BCUT2D eigenvalue weighted by molar-refractivity contribution is 6.31. The van der Waals surface area contributed by atoms with Crippen LogP contribution in [0.5, 0.6) is 5.75 Å². The van der Waals surface area contributed by atoms with Crippen LogP contribution in [0.15, 0.2) is 60.9 Å². The van der Waals surface area contributed by atoms with Crippen LogP contribution in [0.25, 0.3) is 5.69 Å². The van der Waals surface area contributed by atoms with Crippen molar-refractivity contribution in [1.82, 2.24) is 15.0 Å². The van der Waals surface area contributed by atoms with E-state index in [1.54, 1.807) is 24.3 Å². The highest BCUT2D eigenvalue weighted by Gasteiger charge is 2.33. The van der Waals surface area contributed by atoms with Gasteiger partial charge in [0.15, 0.2) is 5.69 Å². The molecule has 1 N–H and O–H groups in total. The van der Waals surface area contributed by atoms with E-state index in [4.69, 9.17) is 16.3 Å². The molecular weight excluding hydrogens is 437 g/mol. The van der Waals surface area contributed by atoms with Crippen molar-refractivity contribution < 1.29 is 27.4 Å². The van der Waals surface area contributed by atoms with Gasteiger partial charge in [-0.3, -0.25) is 0 Å². The molecular formula is C20H16ClF3N4O3. The Balaban J connectivity index is 1.64. The number of halogens is 4. The van der Waals surface area contributed by atoms with Crippen molar-refractivity contribution >= 4 is 23.3 Å². The smallest absolute Gasteiger partial charge is 0.417 e. The minimum absolute atomic E-state index is 0.0157. The standard InChI is InChI=1S/C20H16ClF3N4O3/c1-12(25-13-6-7-17(21)16(8-13)20(22,23)24)11-31-15-5-3-4-14(9-15)28-10-18(26-27-28)19(29)30-2/h3-10,25H,1,11H2,2H3. The number of nitrogens with one attached hydrogen (secondary N) is 1. The first-order chi connectivity index (χ1) is 14.7. The Hall–Kier alpha value is -3.53. The van der Waals surface area contributed by atoms with E-state index in [1.807, 2.05) is 0 Å². The van der Waals surface area contributed by atoms with Crippen molar-refractivity contribution in [3.8, 4) is 11.4 Å². The molecule has 0 fully saturated rings. The largest absolute Gasteiger partial charge is 0.487 e. The van der Waals surface area contributed by atoms with Crippen molar-refractivity contribution in [3.63, 3.8) is 0 Å². The maximum absolute atomic E-state index is 13.0. The number of anilines is 1. The predicted molar refractivity (Wildman–Crippen MR) is 107 cm³/mol. The lowest BCUT2D eigenvalue weighted by Crippen LogP contribution is -2.10. The predicted octanol–water partition coefficient (Wildman–Crippen LogP) is 4.73. The molecule has 1 heterocycles. The molecule has 0 spiro atoms. The molecule has 1 aromatic heterocycles. The quantitative estimate of drug-likeness (QED) is 0.522. The van der Waals surface area contributed by atoms with Crippen LogP contribution in [0.1, 0.15) is 16.1 Å². The number of benzene rings is 2. The number of aromatic nitrogens is 3. The molecule has 0 saturated heterocycles. The molecule has 0 aliphatic heterocycles. The monoisotopic (exact) mass is 452 g/mol. The normalized spacial score (nSPS) is 11.1. The van der Waals surface area contributed by atoms with Crippen LogP contribution in [0.4, 0.5) is 18.9 Å². The third-order valence-corrected chi connectivity index (χ3v) is 4.31. The molecule has 0 radical (unpaired) electrons. The molecule has 0 saturated carbocycles. The number of ether oxygens (including phenoxy) is 2. The topological polar surface area (TPSA) is 78.3 Å². The Morgan fingerprint density at radius 1 is 1.26 bits per heavy atom. The molecule has 162 valence electrons. The van der Waals surface area contributed by atoms with Gasteiger partial charge in [-0.2, -0.15) is 13.2 Å². The van der Waals surface area contributed by atoms with Gasteiger partial charge >= 0.3 is 12.1 Å². The van der Waals surface area contributed by atoms with E-state index in [1.165, 1.54) is 24.1 Å². The highest BCUT2D eigenvalue weighted by atomic mass is 35.5. The number of carbonyl (C=O) groups is 1. The number of carbonyl (C=O) groups excluding carboxylic acids is 1. The first-order valence-electron chi connectivity index (χ1n) is 8.73. The van der Waals surface area contributed by atoms with Crippen LogP contribution in [0, 0.1) is 0 Å². The van der Waals surface area contributed by atoms with Crippen molar-refractivity contribution in [2.45, 2.75) is 6.18 Å². The number of rotatable bonds is 7. The second-order valence-electron chi connectivity index (χ2n) is 6.25. The molecule has 0 aliphatic carbocycles. The number of methoxy groups -OCH3 is 1. The summed E-state index contributed by atoms with van der Waals surface area (Å²) in [6.45, 7) is 3.75. The number of hydrogen-bond donors (Lipinski definition) is 1. The van der Waals surface area contributed by atoms with E-state index in [0.29, 0.717) is 17.1 Å². The van der Waals surface area contributed by atoms with Crippen LogP contribution in [-0.4, -0.2) is 34.7 Å². The van der Waals surface area contributed by atoms with Crippen LogP contribution >= 0.6 is 11.6 Å². The van der Waals surface area contributed by atoms with E-state index in [0.717, 1.165) is 12.1 Å². The SMILES string of the molecule is C=C(COc1cccc(-n2cc(C(=O)OC)nn2)c1)Nc1ccc(Cl)c(C(F)(F)F)c1. The number of alkyl halides is 3. The molecule has 0 aliphatic rings. The fraction of sp³-hybridized carbons (Fsp3) is 0.150. The molecule has 31 heavy (non-hydrogen) atoms. The summed E-state index contributed by atoms with van der Waals surface area (Å²) < 4.78 is 50.5. The molecule has 0 amide bonds. The lowest BCUT2D eigenvalue weighted by atomic mass is 10.2. The van der Waals surface area contributed by atoms with Gasteiger partial charge in [-0.1, -0.05) is 29.5 Å². The average Bonchev–Trinajstić information content (AvgIpc) is 3.23. The average molecular weight is 453 g/mol. The second kappa shape index (κ2) is 9.09. The van der Waals surface area contributed by atoms with E-state index >= 15 is 0 Å². The maximum atomic E-state index is 13.0. The summed E-state index contributed by atoms with van der Waals surface area (Å²) in [5, 5.41) is 9.96. The van der Waals surface area contributed by atoms with Crippen LogP contribution in [0.3, 0.4) is 0 Å². The van der Waals surface area contributed by atoms with E-state index in [2.05, 4.69) is 26.9 Å². The van der Waals surface area contributed by atoms with E-state index in [9.17, 15) is 18.0 Å². The summed E-state index contributed by atoms with van der Waals surface area (Å²) in [7, 11) is 1.24. The molecule has 0 bridgehead atoms. The van der Waals surface area contributed by atoms with E-state index < -0.39 is 17.7 Å². The summed E-state index contributed by atoms with van der Waals surface area (Å²) in [5.41, 5.74) is 0.185. The molecule has 3 rings (SSSR count). The maximum Gasteiger partial charge on any atom is 0.417 e. The van der Waals surface area contributed by atoms with Gasteiger partial charge in [0.2, 0.25) is 0 Å². The van der Waals surface area contributed by atoms with E-state index in [-0.39, 0.29) is 23.0 Å². The Morgan fingerprint density at radius 3 is 2.74 bits per heavy atom. The minimum Gasteiger partial charge on any atom is -0.487 e. The number of hydrogen-bond acceptors (Lipinski definition) is 6. The number of esters is 1. The van der Waals surface area contributed by atoms with Gasteiger partial charge in [0.1, 0.15) is 12.4 Å². The van der Waals surface area contributed by atoms with Gasteiger partial charge in [-0.05, 0) is 30.3 Å². The second-order valence-corrected chi connectivity index (χ2v) is 6.65. The zero-order chi connectivity index (χ0) is 22.6. The number of nitrogens with zero attached hydrogens (tertiary/aromatic N) is 3. The van der Waals surface area contributed by atoms with Crippen molar-refractivity contribution in [2.75, 3.05) is 19.0 Å². The van der Waals surface area contributed by atoms with Gasteiger partial charge in [-0.25, -0.2) is 9.48 Å². The Kier molecular flexibility index (Phi) is 6.50. The van der Waals surface area contributed by atoms with Crippen molar-refractivity contribution in [1.29, 1.82) is 0 Å². The first-order valence-corrected chi connectivity index (χ1v) is 9.10. The van der Waals surface area contributed by atoms with Crippen LogP contribution in [-0.2, 0) is 10.9 Å². The summed E-state index contributed by atoms with van der Waals surface area (Å²) in [6.07, 6.45) is -3.16. The van der Waals surface area contributed by atoms with Gasteiger partial charge in [0, 0.05) is 17.5 Å². The minimum atomic E-state index is -4.57. The Bertz CT molecular complexity index is 1120. The van der Waals surface area contributed by atoms with Gasteiger partial charge in [0.05, 0.1) is 29.6 Å². The van der Waals surface area contributed by atoms with Crippen LogP contribution in [0.2, 0.25) is 5.02 Å². The lowest BCUT2D eigenvalue weighted by molar-refractivity contribution is -0.137. The molecule has 0 unspecified atom stereocenters. The molecule has 2 aromatic carbocycles. The Morgan fingerprint density at radius 2 is 2.03 bits per heavy atom. The summed E-state index contributed by atoms with van der Waals surface area (Å²) in [6, 6.07) is 10.2. The molecule has 11 heteroatoms. The molecule has 7 nitrogen and oxygen atoms in total. The zero-order valence-electron chi connectivity index (χ0n) is 16.1. The lowest BCUT2D eigenvalue weighted by Gasteiger charge is -2.14. The Labute approximate surface area is 180 Å². The fourth-order valence-electron chi connectivity index (χ4n) is 2.53. The van der Waals surface area contributed by atoms with Gasteiger partial charge < -0.3 is 14.8 Å². The zero-order valence-corrected chi connectivity index (χ0v) is 16.9. The summed E-state index contributed by atoms with van der Waals surface area (Å²) in [4.78, 5) is 11.5. The summed E-state index contributed by atoms with van der Waals surface area (Å²) in [5.74, 6) is -0.167.